The molecule has 0 aromatic heterocycles. The standard InChI is InChI=1S/C11H19O2PS/c1-7(15)9(12)13-10(3,4)6-11(5)8(2)14-11/h8,14-15H,1,6H2,2-5H3. The topological polar surface area (TPSA) is 26.3 Å². The van der Waals surface area contributed by atoms with E-state index >= 15 is 0 Å². The molecule has 1 fully saturated rings. The highest BCUT2D eigenvalue weighted by atomic mass is 32.1. The van der Waals surface area contributed by atoms with Gasteiger partial charge in [-0.1, -0.05) is 20.4 Å². The zero-order valence-corrected chi connectivity index (χ0v) is 11.6. The van der Waals surface area contributed by atoms with Gasteiger partial charge >= 0.3 is 5.97 Å². The van der Waals surface area contributed by atoms with Crippen molar-refractivity contribution < 1.29 is 9.53 Å². The van der Waals surface area contributed by atoms with E-state index in [1.165, 1.54) is 0 Å². The van der Waals surface area contributed by atoms with Crippen molar-refractivity contribution >= 4 is 27.2 Å². The molecule has 0 aliphatic carbocycles. The van der Waals surface area contributed by atoms with Crippen molar-refractivity contribution in [3.63, 3.8) is 0 Å². The van der Waals surface area contributed by atoms with Crippen LogP contribution in [0.25, 0.3) is 0 Å². The molecule has 15 heavy (non-hydrogen) atoms. The van der Waals surface area contributed by atoms with Crippen LogP contribution in [0, 0.1) is 0 Å². The fourth-order valence-corrected chi connectivity index (χ4v) is 3.47. The van der Waals surface area contributed by atoms with Gasteiger partial charge in [0.1, 0.15) is 5.60 Å². The summed E-state index contributed by atoms with van der Waals surface area (Å²) in [5.41, 5.74) is 0.338. The molecule has 0 aromatic carbocycles. The van der Waals surface area contributed by atoms with E-state index in [2.05, 4.69) is 33.1 Å². The summed E-state index contributed by atoms with van der Waals surface area (Å²) in [6.07, 6.45) is 0.909. The first-order valence-electron chi connectivity index (χ1n) is 5.05. The molecule has 0 amide bonds. The number of ether oxygens (including phenoxy) is 1. The van der Waals surface area contributed by atoms with E-state index in [-0.39, 0.29) is 4.91 Å². The molecule has 0 saturated carbocycles. The summed E-state index contributed by atoms with van der Waals surface area (Å²) in [5.74, 6) is -0.413. The minimum absolute atomic E-state index is 0.166. The van der Waals surface area contributed by atoms with E-state index < -0.39 is 11.6 Å². The van der Waals surface area contributed by atoms with Crippen molar-refractivity contribution in [2.45, 2.75) is 50.5 Å². The van der Waals surface area contributed by atoms with Crippen LogP contribution in [0.3, 0.4) is 0 Å². The van der Waals surface area contributed by atoms with E-state index in [9.17, 15) is 4.79 Å². The van der Waals surface area contributed by atoms with Gasteiger partial charge in [-0.05, 0) is 31.1 Å². The van der Waals surface area contributed by atoms with E-state index in [1.54, 1.807) is 0 Å². The molecule has 86 valence electrons. The second kappa shape index (κ2) is 4.10. The van der Waals surface area contributed by atoms with Gasteiger partial charge in [0.05, 0.1) is 4.91 Å². The van der Waals surface area contributed by atoms with E-state index in [0.717, 1.165) is 20.7 Å². The maximum absolute atomic E-state index is 11.4. The molecule has 4 heteroatoms. The lowest BCUT2D eigenvalue weighted by Gasteiger charge is -2.28. The van der Waals surface area contributed by atoms with Crippen LogP contribution >= 0.6 is 21.2 Å². The number of carbonyl (C=O) groups is 1. The molecule has 1 heterocycles. The Balaban J connectivity index is 2.52. The molecule has 0 N–H and O–H groups in total. The lowest BCUT2D eigenvalue weighted by molar-refractivity contribution is -0.151. The van der Waals surface area contributed by atoms with Crippen LogP contribution in [0.2, 0.25) is 0 Å². The highest BCUT2D eigenvalue weighted by Crippen LogP contribution is 2.63. The summed E-state index contributed by atoms with van der Waals surface area (Å²) in [6, 6.07) is 0. The molecule has 2 nitrogen and oxygen atoms in total. The molecular formula is C11H19O2PS. The van der Waals surface area contributed by atoms with Crippen LogP contribution in [-0.4, -0.2) is 22.4 Å². The number of rotatable bonds is 4. The Hall–Kier alpha value is -0.0100. The van der Waals surface area contributed by atoms with Crippen LogP contribution in [0.1, 0.15) is 34.1 Å². The molecule has 0 radical (unpaired) electrons. The van der Waals surface area contributed by atoms with Crippen LogP contribution in [0.5, 0.6) is 0 Å². The summed E-state index contributed by atoms with van der Waals surface area (Å²) in [7, 11) is 0.983. The zero-order valence-electron chi connectivity index (χ0n) is 9.76. The van der Waals surface area contributed by atoms with Crippen molar-refractivity contribution in [2.24, 2.45) is 0 Å². The normalized spacial score (nSPS) is 31.4. The lowest BCUT2D eigenvalue weighted by atomic mass is 9.93. The van der Waals surface area contributed by atoms with Crippen LogP contribution < -0.4 is 0 Å². The van der Waals surface area contributed by atoms with Gasteiger partial charge in [-0.15, -0.1) is 21.2 Å². The predicted octanol–water partition coefficient (Wildman–Crippen LogP) is 2.98. The number of hydrogen-bond donors (Lipinski definition) is 1. The monoisotopic (exact) mass is 246 g/mol. The molecule has 3 unspecified atom stereocenters. The van der Waals surface area contributed by atoms with E-state index in [0.29, 0.717) is 5.16 Å². The van der Waals surface area contributed by atoms with Crippen molar-refractivity contribution in [1.29, 1.82) is 0 Å². The first kappa shape index (κ1) is 13.1. The van der Waals surface area contributed by atoms with Crippen LogP contribution in [-0.2, 0) is 9.53 Å². The fourth-order valence-electron chi connectivity index (χ4n) is 1.89. The molecule has 0 spiro atoms. The van der Waals surface area contributed by atoms with Gasteiger partial charge in [0.15, 0.2) is 0 Å². The summed E-state index contributed by atoms with van der Waals surface area (Å²) in [4.78, 5) is 11.5. The van der Waals surface area contributed by atoms with Crippen molar-refractivity contribution in [2.75, 3.05) is 0 Å². The molecule has 0 aromatic rings. The molecule has 1 aliphatic heterocycles. The Labute approximate surface area is 99.0 Å². The number of thiol groups is 1. The van der Waals surface area contributed by atoms with Gasteiger partial charge in [-0.2, -0.15) is 0 Å². The first-order valence-corrected chi connectivity index (χ1v) is 6.58. The summed E-state index contributed by atoms with van der Waals surface area (Å²) in [5, 5.41) is 0.363. The Bertz CT molecular complexity index is 301. The summed E-state index contributed by atoms with van der Waals surface area (Å²) < 4.78 is 5.35. The van der Waals surface area contributed by atoms with Gasteiger partial charge < -0.3 is 4.74 Å². The number of carbonyl (C=O) groups excluding carboxylic acids is 1. The molecule has 0 bridgehead atoms. The van der Waals surface area contributed by atoms with E-state index in [1.807, 2.05) is 13.8 Å². The van der Waals surface area contributed by atoms with Crippen molar-refractivity contribution in [3.8, 4) is 0 Å². The Morgan fingerprint density at radius 2 is 2.13 bits per heavy atom. The number of hydrogen-bond acceptors (Lipinski definition) is 3. The first-order chi connectivity index (χ1) is 6.66. The van der Waals surface area contributed by atoms with Gasteiger partial charge in [0.2, 0.25) is 0 Å². The average molecular weight is 246 g/mol. The minimum Gasteiger partial charge on any atom is -0.456 e. The lowest BCUT2D eigenvalue weighted by Crippen LogP contribution is -2.33. The van der Waals surface area contributed by atoms with Gasteiger partial charge in [0, 0.05) is 0 Å². The summed E-state index contributed by atoms with van der Waals surface area (Å²) in [6.45, 7) is 11.8. The van der Waals surface area contributed by atoms with Crippen LogP contribution in [0.15, 0.2) is 11.5 Å². The van der Waals surface area contributed by atoms with Crippen molar-refractivity contribution in [1.82, 2.24) is 0 Å². The Kier molecular flexibility index (Phi) is 3.57. The van der Waals surface area contributed by atoms with Gasteiger partial charge in [0.25, 0.3) is 0 Å². The minimum atomic E-state index is -0.421. The second-order valence-corrected chi connectivity index (χ2v) is 7.89. The second-order valence-electron chi connectivity index (χ2n) is 5.06. The summed E-state index contributed by atoms with van der Waals surface area (Å²) >= 11 is 3.88. The molecule has 3 atom stereocenters. The largest absolute Gasteiger partial charge is 0.456 e. The Morgan fingerprint density at radius 1 is 1.67 bits per heavy atom. The maximum Gasteiger partial charge on any atom is 0.344 e. The third-order valence-corrected chi connectivity index (χ3v) is 5.03. The third kappa shape index (κ3) is 3.49. The highest BCUT2D eigenvalue weighted by molar-refractivity contribution is 7.85. The third-order valence-electron chi connectivity index (χ3n) is 2.82. The van der Waals surface area contributed by atoms with Gasteiger partial charge in [-0.3, -0.25) is 0 Å². The predicted molar refractivity (Wildman–Crippen MR) is 69.1 cm³/mol. The molecular weight excluding hydrogens is 227 g/mol. The average Bonchev–Trinajstić information content (AvgIpc) is 2.55. The molecule has 1 aliphatic rings. The molecule has 1 rings (SSSR count). The highest BCUT2D eigenvalue weighted by Gasteiger charge is 2.50. The molecule has 1 saturated heterocycles. The van der Waals surface area contributed by atoms with Crippen molar-refractivity contribution in [3.05, 3.63) is 11.5 Å². The van der Waals surface area contributed by atoms with E-state index in [4.69, 9.17) is 4.74 Å². The maximum atomic E-state index is 11.4. The quantitative estimate of drug-likeness (QED) is 0.357. The fraction of sp³-hybridized carbons (Fsp3) is 0.727. The number of esters is 1. The van der Waals surface area contributed by atoms with Gasteiger partial charge in [-0.25, -0.2) is 4.79 Å². The smallest absolute Gasteiger partial charge is 0.344 e. The SMILES string of the molecule is C=C(S)C(=O)OC(C)(C)CC1(C)PC1C. The zero-order chi connectivity index (χ0) is 11.9. The van der Waals surface area contributed by atoms with Crippen LogP contribution in [0.4, 0.5) is 0 Å². The Morgan fingerprint density at radius 3 is 2.47 bits per heavy atom.